The molecule has 1 saturated heterocycles. The van der Waals surface area contributed by atoms with Gasteiger partial charge in [0.05, 0.1) is 13.0 Å². The number of hydrogen-bond donors (Lipinski definition) is 0. The molecule has 0 spiro atoms. The minimum absolute atomic E-state index is 0.0575. The molecule has 7 nitrogen and oxygen atoms in total. The average Bonchev–Trinajstić information content (AvgIpc) is 3.10. The summed E-state index contributed by atoms with van der Waals surface area (Å²) in [7, 11) is 2.51. The van der Waals surface area contributed by atoms with Crippen LogP contribution in [0, 0.1) is 29.1 Å². The Morgan fingerprint density at radius 3 is 2.45 bits per heavy atom. The minimum Gasteiger partial charge on any atom is -0.468 e. The van der Waals surface area contributed by atoms with Gasteiger partial charge in [0.1, 0.15) is 12.2 Å². The van der Waals surface area contributed by atoms with Gasteiger partial charge in [0.15, 0.2) is 17.0 Å². The molecule has 0 aromatic heterocycles. The van der Waals surface area contributed by atoms with E-state index in [4.69, 9.17) is 14.2 Å². The van der Waals surface area contributed by atoms with Crippen LogP contribution in [0.3, 0.4) is 0 Å². The molecule has 0 amide bonds. The van der Waals surface area contributed by atoms with Crippen molar-refractivity contribution < 1.29 is 33.4 Å². The van der Waals surface area contributed by atoms with Crippen molar-refractivity contribution in [1.82, 2.24) is 0 Å². The monoisotopic (exact) mass is 402 g/mol. The molecule has 0 aromatic carbocycles. The van der Waals surface area contributed by atoms with Crippen molar-refractivity contribution in [2.24, 2.45) is 29.1 Å². The lowest BCUT2D eigenvalue weighted by atomic mass is 9.55. The number of allylic oxidation sites excluding steroid dienone is 1. The summed E-state index contributed by atoms with van der Waals surface area (Å²) in [6.07, 6.45) is -0.834. The van der Waals surface area contributed by atoms with Crippen LogP contribution in [0.1, 0.15) is 33.1 Å². The molecule has 29 heavy (non-hydrogen) atoms. The number of ether oxygens (including phenoxy) is 3. The molecule has 4 aliphatic rings. The Hall–Kier alpha value is -2.28. The second-order valence-corrected chi connectivity index (χ2v) is 8.78. The molecule has 0 N–H and O–H groups in total. The van der Waals surface area contributed by atoms with Crippen LogP contribution in [0.25, 0.3) is 0 Å². The van der Waals surface area contributed by atoms with Crippen LogP contribution in [-0.4, -0.2) is 49.9 Å². The fourth-order valence-electron chi connectivity index (χ4n) is 6.20. The molecule has 1 heterocycles. The molecule has 0 bridgehead atoms. The van der Waals surface area contributed by atoms with Gasteiger partial charge in [-0.05, 0) is 32.1 Å². The lowest BCUT2D eigenvalue weighted by Crippen LogP contribution is -2.61. The van der Waals surface area contributed by atoms with Crippen LogP contribution in [0.2, 0.25) is 0 Å². The standard InChI is InChI=1S/C22H26O7/c1-9(2)11-7-12-16-17-13(29-20(16)25)6-10(3)15(17)18(24)19(27-4)22(12,14(23)8-11)21(26)28-5/h11-13,16-17,19H,1,6-8H2,2-5H3/t11-,12+,13+,16+,17+,19-,22+/m1/s1. The molecule has 156 valence electrons. The fraction of sp³-hybridized carbons (Fsp3) is 0.636. The fourth-order valence-corrected chi connectivity index (χ4v) is 6.20. The van der Waals surface area contributed by atoms with Crippen molar-refractivity contribution in [1.29, 1.82) is 0 Å². The summed E-state index contributed by atoms with van der Waals surface area (Å²) in [5, 5.41) is 0. The number of ketones is 2. The molecule has 3 fully saturated rings. The number of Topliss-reactive ketones (excluding diaryl/α,β-unsaturated/α-hetero) is 2. The highest BCUT2D eigenvalue weighted by atomic mass is 16.6. The molecular weight excluding hydrogens is 376 g/mol. The van der Waals surface area contributed by atoms with Crippen molar-refractivity contribution in [3.05, 3.63) is 23.3 Å². The summed E-state index contributed by atoms with van der Waals surface area (Å²) in [4.78, 5) is 53.3. The molecule has 3 aliphatic carbocycles. The molecule has 1 aliphatic heterocycles. The molecule has 7 heteroatoms. The van der Waals surface area contributed by atoms with Gasteiger partial charge in [0, 0.05) is 31.4 Å². The Kier molecular flexibility index (Phi) is 4.57. The number of esters is 2. The zero-order chi connectivity index (χ0) is 21.2. The van der Waals surface area contributed by atoms with E-state index in [1.54, 1.807) is 0 Å². The molecule has 2 saturated carbocycles. The lowest BCUT2D eigenvalue weighted by molar-refractivity contribution is -0.183. The molecular formula is C22H26O7. The van der Waals surface area contributed by atoms with Gasteiger partial charge in [0.25, 0.3) is 0 Å². The zero-order valence-electron chi connectivity index (χ0n) is 17.2. The van der Waals surface area contributed by atoms with Crippen LogP contribution in [0.4, 0.5) is 0 Å². The van der Waals surface area contributed by atoms with E-state index in [1.807, 2.05) is 13.8 Å². The lowest BCUT2D eigenvalue weighted by Gasteiger charge is -2.46. The summed E-state index contributed by atoms with van der Waals surface area (Å²) >= 11 is 0. The van der Waals surface area contributed by atoms with Gasteiger partial charge in [-0.15, -0.1) is 0 Å². The Morgan fingerprint density at radius 2 is 1.86 bits per heavy atom. The van der Waals surface area contributed by atoms with Crippen molar-refractivity contribution in [3.63, 3.8) is 0 Å². The van der Waals surface area contributed by atoms with E-state index in [2.05, 4.69) is 6.58 Å². The van der Waals surface area contributed by atoms with E-state index in [9.17, 15) is 19.2 Å². The minimum atomic E-state index is -1.86. The number of carbonyl (C=O) groups excluding carboxylic acids is 4. The number of rotatable bonds is 3. The predicted octanol–water partition coefficient (Wildman–Crippen LogP) is 1.79. The summed E-state index contributed by atoms with van der Waals surface area (Å²) in [5.74, 6) is -4.26. The van der Waals surface area contributed by atoms with Gasteiger partial charge < -0.3 is 14.2 Å². The molecule has 4 rings (SSSR count). The predicted molar refractivity (Wildman–Crippen MR) is 100 cm³/mol. The largest absolute Gasteiger partial charge is 0.468 e. The highest BCUT2D eigenvalue weighted by Crippen LogP contribution is 2.60. The Bertz CT molecular complexity index is 868. The Balaban J connectivity index is 2.01. The average molecular weight is 402 g/mol. The third-order valence-corrected chi connectivity index (χ3v) is 7.45. The van der Waals surface area contributed by atoms with Crippen LogP contribution in [0.15, 0.2) is 23.3 Å². The number of hydrogen-bond acceptors (Lipinski definition) is 7. The van der Waals surface area contributed by atoms with Crippen LogP contribution in [-0.2, 0) is 33.4 Å². The highest BCUT2D eigenvalue weighted by molar-refractivity contribution is 6.15. The van der Waals surface area contributed by atoms with Crippen LogP contribution in [0.5, 0.6) is 0 Å². The molecule has 0 unspecified atom stereocenters. The topological polar surface area (TPSA) is 96.0 Å². The molecule has 7 atom stereocenters. The maximum Gasteiger partial charge on any atom is 0.322 e. The van der Waals surface area contributed by atoms with Gasteiger partial charge in [-0.25, -0.2) is 0 Å². The van der Waals surface area contributed by atoms with Gasteiger partial charge in [0.2, 0.25) is 0 Å². The number of carbonyl (C=O) groups is 4. The van der Waals surface area contributed by atoms with Crippen molar-refractivity contribution >= 4 is 23.5 Å². The van der Waals surface area contributed by atoms with Crippen molar-refractivity contribution in [2.75, 3.05) is 14.2 Å². The van der Waals surface area contributed by atoms with Crippen LogP contribution < -0.4 is 0 Å². The Morgan fingerprint density at radius 1 is 1.17 bits per heavy atom. The first-order valence-corrected chi connectivity index (χ1v) is 9.94. The SMILES string of the molecule is C=C(C)[C@H]1CC(=O)[C@]2(C(=O)OC)[C@H](OC)C(=O)C3=C(C)C[C@@H]4OC(=O)[C@H]([C@H]34)[C@@H]2C1. The quantitative estimate of drug-likeness (QED) is 0.403. The summed E-state index contributed by atoms with van der Waals surface area (Å²) < 4.78 is 16.2. The first-order valence-electron chi connectivity index (χ1n) is 9.94. The third kappa shape index (κ3) is 2.40. The van der Waals surface area contributed by atoms with E-state index in [-0.39, 0.29) is 12.3 Å². The summed E-state index contributed by atoms with van der Waals surface area (Å²) in [6, 6.07) is 0. The number of methoxy groups -OCH3 is 2. The van der Waals surface area contributed by atoms with Gasteiger partial charge >= 0.3 is 11.9 Å². The van der Waals surface area contributed by atoms with Crippen molar-refractivity contribution in [2.45, 2.75) is 45.3 Å². The molecule has 0 radical (unpaired) electrons. The van der Waals surface area contributed by atoms with E-state index >= 15 is 0 Å². The highest BCUT2D eigenvalue weighted by Gasteiger charge is 2.72. The summed E-state index contributed by atoms with van der Waals surface area (Å²) in [6.45, 7) is 7.65. The van der Waals surface area contributed by atoms with E-state index in [0.29, 0.717) is 18.4 Å². The maximum atomic E-state index is 13.6. The van der Waals surface area contributed by atoms with Gasteiger partial charge in [-0.1, -0.05) is 17.7 Å². The number of fused-ring (bicyclic) bond motifs is 2. The van der Waals surface area contributed by atoms with Gasteiger partial charge in [-0.2, -0.15) is 0 Å². The maximum absolute atomic E-state index is 13.6. The van der Waals surface area contributed by atoms with Crippen LogP contribution >= 0.6 is 0 Å². The van der Waals surface area contributed by atoms with E-state index in [1.165, 1.54) is 14.2 Å². The normalized spacial score (nSPS) is 40.9. The smallest absolute Gasteiger partial charge is 0.322 e. The van der Waals surface area contributed by atoms with E-state index < -0.39 is 58.9 Å². The first-order chi connectivity index (χ1) is 13.7. The first kappa shape index (κ1) is 20.0. The Labute approximate surface area is 169 Å². The third-order valence-electron chi connectivity index (χ3n) is 7.45. The summed E-state index contributed by atoms with van der Waals surface area (Å²) in [5.41, 5.74) is 0.257. The van der Waals surface area contributed by atoms with Gasteiger partial charge in [-0.3, -0.25) is 19.2 Å². The second-order valence-electron chi connectivity index (χ2n) is 8.78. The zero-order valence-corrected chi connectivity index (χ0v) is 17.2. The molecule has 0 aromatic rings. The van der Waals surface area contributed by atoms with E-state index in [0.717, 1.165) is 11.1 Å². The second kappa shape index (κ2) is 6.62. The van der Waals surface area contributed by atoms with Crippen molar-refractivity contribution in [3.8, 4) is 0 Å².